The zero-order chi connectivity index (χ0) is 20.7. The van der Waals surface area contributed by atoms with Crippen LogP contribution in [0.2, 0.25) is 0 Å². The number of hydrogen-bond acceptors (Lipinski definition) is 1. The van der Waals surface area contributed by atoms with Crippen molar-refractivity contribution in [3.63, 3.8) is 0 Å². The summed E-state index contributed by atoms with van der Waals surface area (Å²) in [4.78, 5) is 0. The summed E-state index contributed by atoms with van der Waals surface area (Å²) in [5.74, 6) is 1.98. The SMILES string of the molecule is C/C=C/C=C/COC1CCC(C2CCC(c3ccc(C(F)(F)F)cc3)CC2)CC1. The van der Waals surface area contributed by atoms with Crippen molar-refractivity contribution in [1.82, 2.24) is 0 Å². The van der Waals surface area contributed by atoms with Crippen molar-refractivity contribution in [3.8, 4) is 0 Å². The zero-order valence-electron chi connectivity index (χ0n) is 17.3. The van der Waals surface area contributed by atoms with E-state index in [1.165, 1.54) is 37.8 Å². The molecule has 0 N–H and O–H groups in total. The standard InChI is InChI=1S/C25H33F3O/c1-2-3-4-5-18-29-24-16-12-22(13-17-24)20-8-6-19(7-9-20)21-10-14-23(15-11-21)25(26,27)28/h2-5,10-11,14-15,19-20,22,24H,6-9,12-13,16-18H2,1H3/b3-2+,5-4+. The first-order valence-corrected chi connectivity index (χ1v) is 11.0. The van der Waals surface area contributed by atoms with Crippen molar-refractivity contribution in [2.45, 2.75) is 76.5 Å². The number of alkyl halides is 3. The van der Waals surface area contributed by atoms with Crippen LogP contribution in [0.25, 0.3) is 0 Å². The van der Waals surface area contributed by atoms with E-state index in [-0.39, 0.29) is 0 Å². The molecule has 2 fully saturated rings. The molecule has 0 amide bonds. The summed E-state index contributed by atoms with van der Waals surface area (Å²) < 4.78 is 44.2. The van der Waals surface area contributed by atoms with Gasteiger partial charge in [0.15, 0.2) is 0 Å². The molecular weight excluding hydrogens is 373 g/mol. The van der Waals surface area contributed by atoms with Gasteiger partial charge in [-0.1, -0.05) is 36.4 Å². The van der Waals surface area contributed by atoms with Gasteiger partial charge in [0.05, 0.1) is 18.3 Å². The van der Waals surface area contributed by atoms with Crippen LogP contribution >= 0.6 is 0 Å². The Balaban J connectivity index is 1.40. The fourth-order valence-electron chi connectivity index (χ4n) is 5.03. The average Bonchev–Trinajstić information content (AvgIpc) is 2.74. The van der Waals surface area contributed by atoms with Gasteiger partial charge in [0.1, 0.15) is 0 Å². The predicted molar refractivity (Wildman–Crippen MR) is 112 cm³/mol. The molecule has 2 aliphatic carbocycles. The van der Waals surface area contributed by atoms with Crippen LogP contribution in [0.3, 0.4) is 0 Å². The number of ether oxygens (including phenoxy) is 1. The highest BCUT2D eigenvalue weighted by atomic mass is 19.4. The van der Waals surface area contributed by atoms with E-state index in [4.69, 9.17) is 4.74 Å². The first kappa shape index (κ1) is 22.1. The highest BCUT2D eigenvalue weighted by Gasteiger charge is 2.33. The van der Waals surface area contributed by atoms with Crippen molar-refractivity contribution in [1.29, 1.82) is 0 Å². The van der Waals surface area contributed by atoms with Crippen molar-refractivity contribution < 1.29 is 17.9 Å². The smallest absolute Gasteiger partial charge is 0.374 e. The molecule has 2 aliphatic rings. The molecule has 0 heterocycles. The van der Waals surface area contributed by atoms with Crippen LogP contribution in [-0.2, 0) is 10.9 Å². The van der Waals surface area contributed by atoms with Crippen LogP contribution in [-0.4, -0.2) is 12.7 Å². The second kappa shape index (κ2) is 10.5. The molecule has 0 unspecified atom stereocenters. The van der Waals surface area contributed by atoms with Gasteiger partial charge in [-0.15, -0.1) is 0 Å². The van der Waals surface area contributed by atoms with E-state index < -0.39 is 11.7 Å². The Labute approximate surface area is 173 Å². The van der Waals surface area contributed by atoms with E-state index in [0.29, 0.717) is 18.6 Å². The Bertz CT molecular complexity index is 658. The lowest BCUT2D eigenvalue weighted by Crippen LogP contribution is -2.28. The van der Waals surface area contributed by atoms with E-state index in [0.717, 1.165) is 43.1 Å². The van der Waals surface area contributed by atoms with Crippen molar-refractivity contribution in [3.05, 3.63) is 59.7 Å². The molecule has 0 atom stereocenters. The highest BCUT2D eigenvalue weighted by molar-refractivity contribution is 5.27. The first-order valence-electron chi connectivity index (χ1n) is 11.0. The molecule has 0 saturated heterocycles. The van der Waals surface area contributed by atoms with E-state index in [1.807, 2.05) is 25.2 Å². The van der Waals surface area contributed by atoms with E-state index in [1.54, 1.807) is 12.1 Å². The maximum absolute atomic E-state index is 12.7. The minimum Gasteiger partial charge on any atom is -0.374 e. The quantitative estimate of drug-likeness (QED) is 0.440. The molecule has 2 saturated carbocycles. The molecule has 4 heteroatoms. The van der Waals surface area contributed by atoms with Crippen LogP contribution in [0.4, 0.5) is 13.2 Å². The molecule has 1 nitrogen and oxygen atoms in total. The molecule has 0 bridgehead atoms. The van der Waals surface area contributed by atoms with Crippen LogP contribution in [0, 0.1) is 11.8 Å². The number of benzene rings is 1. The minimum atomic E-state index is -4.25. The third-order valence-electron chi connectivity index (χ3n) is 6.73. The molecule has 1 aromatic rings. The second-order valence-corrected chi connectivity index (χ2v) is 8.56. The molecule has 0 aliphatic heterocycles. The van der Waals surface area contributed by atoms with Crippen molar-refractivity contribution >= 4 is 0 Å². The number of halogens is 3. The van der Waals surface area contributed by atoms with Crippen molar-refractivity contribution in [2.24, 2.45) is 11.8 Å². The van der Waals surface area contributed by atoms with Gasteiger partial charge in [0, 0.05) is 0 Å². The molecule has 1 aromatic carbocycles. The summed E-state index contributed by atoms with van der Waals surface area (Å²) in [5, 5.41) is 0. The summed E-state index contributed by atoms with van der Waals surface area (Å²) in [5.41, 5.74) is 0.519. The number of rotatable bonds is 6. The van der Waals surface area contributed by atoms with Gasteiger partial charge < -0.3 is 4.74 Å². The Morgan fingerprint density at radius 3 is 2.00 bits per heavy atom. The van der Waals surface area contributed by atoms with E-state index >= 15 is 0 Å². The zero-order valence-corrected chi connectivity index (χ0v) is 17.3. The van der Waals surface area contributed by atoms with Gasteiger partial charge >= 0.3 is 6.18 Å². The Morgan fingerprint density at radius 1 is 0.862 bits per heavy atom. The van der Waals surface area contributed by atoms with Gasteiger partial charge in [0.2, 0.25) is 0 Å². The van der Waals surface area contributed by atoms with Crippen LogP contribution < -0.4 is 0 Å². The largest absolute Gasteiger partial charge is 0.416 e. The monoisotopic (exact) mass is 406 g/mol. The summed E-state index contributed by atoms with van der Waals surface area (Å²) in [7, 11) is 0. The average molecular weight is 407 g/mol. The molecule has 160 valence electrons. The minimum absolute atomic E-state index is 0.394. The number of allylic oxidation sites excluding steroid dienone is 3. The predicted octanol–water partition coefficient (Wildman–Crippen LogP) is 7.69. The van der Waals surface area contributed by atoms with E-state index in [2.05, 4.69) is 6.08 Å². The van der Waals surface area contributed by atoms with Gasteiger partial charge in [-0.3, -0.25) is 0 Å². The molecular formula is C25H33F3O. The normalized spacial score (nSPS) is 29.0. The van der Waals surface area contributed by atoms with Crippen LogP contribution in [0.15, 0.2) is 48.6 Å². The van der Waals surface area contributed by atoms with Gasteiger partial charge in [-0.05, 0) is 93.7 Å². The summed E-state index contributed by atoms with van der Waals surface area (Å²) in [6.07, 6.45) is 13.7. The molecule has 29 heavy (non-hydrogen) atoms. The molecule has 3 rings (SSSR count). The van der Waals surface area contributed by atoms with Gasteiger partial charge in [0.25, 0.3) is 0 Å². The second-order valence-electron chi connectivity index (χ2n) is 8.56. The van der Waals surface area contributed by atoms with Crippen LogP contribution in [0.1, 0.15) is 75.3 Å². The fourth-order valence-corrected chi connectivity index (χ4v) is 5.03. The molecule has 0 spiro atoms. The molecule has 0 aromatic heterocycles. The lowest BCUT2D eigenvalue weighted by Gasteiger charge is -2.38. The third kappa shape index (κ3) is 6.47. The number of hydrogen-bond donors (Lipinski definition) is 0. The maximum atomic E-state index is 12.7. The summed E-state index contributed by atoms with van der Waals surface area (Å²) >= 11 is 0. The Kier molecular flexibility index (Phi) is 7.99. The Morgan fingerprint density at radius 2 is 1.45 bits per heavy atom. The topological polar surface area (TPSA) is 9.23 Å². The molecule has 0 radical (unpaired) electrons. The van der Waals surface area contributed by atoms with Gasteiger partial charge in [-0.25, -0.2) is 0 Å². The van der Waals surface area contributed by atoms with E-state index in [9.17, 15) is 13.2 Å². The fraction of sp³-hybridized carbons (Fsp3) is 0.600. The third-order valence-corrected chi connectivity index (χ3v) is 6.73. The van der Waals surface area contributed by atoms with Gasteiger partial charge in [-0.2, -0.15) is 13.2 Å². The van der Waals surface area contributed by atoms with Crippen molar-refractivity contribution in [2.75, 3.05) is 6.61 Å². The first-order chi connectivity index (χ1) is 14.0. The summed E-state index contributed by atoms with van der Waals surface area (Å²) in [6, 6.07) is 5.83. The Hall–Kier alpha value is -1.55. The lowest BCUT2D eigenvalue weighted by atomic mass is 9.69. The van der Waals surface area contributed by atoms with Crippen LogP contribution in [0.5, 0.6) is 0 Å². The lowest BCUT2D eigenvalue weighted by molar-refractivity contribution is -0.137. The maximum Gasteiger partial charge on any atom is 0.416 e. The highest BCUT2D eigenvalue weighted by Crippen LogP contribution is 2.43. The summed E-state index contributed by atoms with van der Waals surface area (Å²) in [6.45, 7) is 2.70.